The summed E-state index contributed by atoms with van der Waals surface area (Å²) in [6.07, 6.45) is 0.648. The van der Waals surface area contributed by atoms with E-state index in [1.165, 1.54) is 0 Å². The third kappa shape index (κ3) is 3.76. The van der Waals surface area contributed by atoms with Crippen LogP contribution in [0.2, 0.25) is 0 Å². The molecule has 0 unspecified atom stereocenters. The Morgan fingerprint density at radius 3 is 2.31 bits per heavy atom. The third-order valence-corrected chi connectivity index (χ3v) is 5.39. The van der Waals surface area contributed by atoms with Crippen LogP contribution in [-0.4, -0.2) is 25.1 Å². The second kappa shape index (κ2) is 8.47. The molecule has 0 aliphatic carbocycles. The number of anilines is 1. The molecule has 0 fully saturated rings. The molecular weight excluding hydrogens is 402 g/mol. The van der Waals surface area contributed by atoms with Crippen LogP contribution in [0.5, 0.6) is 0 Å². The monoisotopic (exact) mass is 423 g/mol. The van der Waals surface area contributed by atoms with Gasteiger partial charge in [0.1, 0.15) is 5.82 Å². The number of amides is 1. The van der Waals surface area contributed by atoms with Crippen molar-refractivity contribution in [3.63, 3.8) is 0 Å². The van der Waals surface area contributed by atoms with Gasteiger partial charge >= 0.3 is 0 Å². The average molecular weight is 423 g/mol. The molecule has 5 aromatic rings. The maximum absolute atomic E-state index is 13.2. The number of benzene rings is 3. The molecule has 1 N–H and O–H groups in total. The van der Waals surface area contributed by atoms with Crippen LogP contribution >= 0.6 is 0 Å². The van der Waals surface area contributed by atoms with E-state index in [4.69, 9.17) is 0 Å². The van der Waals surface area contributed by atoms with E-state index in [2.05, 4.69) is 15.5 Å². The van der Waals surface area contributed by atoms with Gasteiger partial charge in [0, 0.05) is 18.5 Å². The molecular formula is C25H21N5O2. The van der Waals surface area contributed by atoms with Crippen molar-refractivity contribution in [2.45, 2.75) is 19.4 Å². The highest BCUT2D eigenvalue weighted by Crippen LogP contribution is 2.17. The van der Waals surface area contributed by atoms with Crippen molar-refractivity contribution in [2.24, 2.45) is 0 Å². The number of rotatable bonds is 6. The Bertz CT molecular complexity index is 1460. The van der Waals surface area contributed by atoms with Crippen LogP contribution < -0.4 is 10.9 Å². The average Bonchev–Trinajstić information content (AvgIpc) is 3.26. The van der Waals surface area contributed by atoms with Crippen LogP contribution in [0.1, 0.15) is 17.8 Å². The van der Waals surface area contributed by atoms with Crippen molar-refractivity contribution in [1.82, 2.24) is 19.2 Å². The van der Waals surface area contributed by atoms with Gasteiger partial charge in [0.15, 0.2) is 0 Å². The minimum absolute atomic E-state index is 0.102. The zero-order valence-electron chi connectivity index (χ0n) is 17.3. The van der Waals surface area contributed by atoms with Gasteiger partial charge in [-0.3, -0.25) is 18.6 Å². The first-order chi connectivity index (χ1) is 15.7. The first-order valence-electron chi connectivity index (χ1n) is 10.4. The van der Waals surface area contributed by atoms with Gasteiger partial charge in [-0.05, 0) is 29.8 Å². The van der Waals surface area contributed by atoms with E-state index in [9.17, 15) is 9.59 Å². The molecule has 3 aromatic carbocycles. The molecule has 7 heteroatoms. The molecule has 0 radical (unpaired) electrons. The molecule has 2 aromatic heterocycles. The van der Waals surface area contributed by atoms with Crippen molar-refractivity contribution < 1.29 is 4.79 Å². The molecule has 158 valence electrons. The molecule has 0 bridgehead atoms. The van der Waals surface area contributed by atoms with Crippen LogP contribution in [-0.2, 0) is 17.8 Å². The normalized spacial score (nSPS) is 11.1. The van der Waals surface area contributed by atoms with E-state index in [1.807, 2.05) is 89.3 Å². The number of para-hydroxylation sites is 2. The molecule has 0 saturated heterocycles. The second-order valence-electron chi connectivity index (χ2n) is 7.56. The highest BCUT2D eigenvalue weighted by Gasteiger charge is 2.17. The minimum Gasteiger partial charge on any atom is -0.326 e. The largest absolute Gasteiger partial charge is 0.326 e. The summed E-state index contributed by atoms with van der Waals surface area (Å²) in [7, 11) is 0. The maximum Gasteiger partial charge on any atom is 0.263 e. The molecule has 2 heterocycles. The van der Waals surface area contributed by atoms with Crippen molar-refractivity contribution in [3.05, 3.63) is 107 Å². The number of hydrogen-bond donors (Lipinski definition) is 1. The Labute approximate surface area is 184 Å². The first-order valence-corrected chi connectivity index (χ1v) is 10.4. The molecule has 32 heavy (non-hydrogen) atoms. The number of nitrogens with zero attached hydrogens (tertiary/aromatic N) is 4. The van der Waals surface area contributed by atoms with Gasteiger partial charge in [-0.15, -0.1) is 10.2 Å². The summed E-state index contributed by atoms with van der Waals surface area (Å²) in [5.74, 6) is 1.01. The Kier molecular flexibility index (Phi) is 5.21. The van der Waals surface area contributed by atoms with Gasteiger partial charge in [-0.2, -0.15) is 0 Å². The fraction of sp³-hybridized carbons (Fsp3) is 0.120. The van der Waals surface area contributed by atoms with Crippen LogP contribution in [0.4, 0.5) is 5.69 Å². The summed E-state index contributed by atoms with van der Waals surface area (Å²) in [6, 6.07) is 26.5. The van der Waals surface area contributed by atoms with E-state index < -0.39 is 0 Å². The predicted molar refractivity (Wildman–Crippen MR) is 124 cm³/mol. The lowest BCUT2D eigenvalue weighted by molar-refractivity contribution is -0.116. The summed E-state index contributed by atoms with van der Waals surface area (Å²) in [4.78, 5) is 25.7. The van der Waals surface area contributed by atoms with E-state index in [0.29, 0.717) is 30.0 Å². The van der Waals surface area contributed by atoms with Crippen molar-refractivity contribution in [2.75, 3.05) is 5.32 Å². The maximum atomic E-state index is 13.2. The Morgan fingerprint density at radius 1 is 0.844 bits per heavy atom. The van der Waals surface area contributed by atoms with Crippen molar-refractivity contribution in [3.8, 4) is 0 Å². The standard InChI is InChI=1S/C25H21N5O2/c31-23(26-19-11-5-2-6-12-19)16-15-22-27-28-25-29(17-18-9-3-1-4-10-18)24(32)20-13-7-8-14-21(20)30(22)25/h1-14H,15-17H2,(H,26,31). The van der Waals surface area contributed by atoms with Crippen LogP contribution in [0.3, 0.4) is 0 Å². The fourth-order valence-electron chi connectivity index (χ4n) is 3.86. The van der Waals surface area contributed by atoms with Gasteiger partial charge in [0.25, 0.3) is 5.56 Å². The number of nitrogens with one attached hydrogen (secondary N) is 1. The molecule has 5 rings (SSSR count). The number of carbonyl (C=O) groups excluding carboxylic acids is 1. The summed E-state index contributed by atoms with van der Waals surface area (Å²) < 4.78 is 3.52. The van der Waals surface area contributed by atoms with Gasteiger partial charge in [0.2, 0.25) is 11.7 Å². The zero-order valence-corrected chi connectivity index (χ0v) is 17.3. The topological polar surface area (TPSA) is 81.3 Å². The van der Waals surface area contributed by atoms with Crippen LogP contribution in [0.25, 0.3) is 16.7 Å². The number of aromatic nitrogens is 4. The Morgan fingerprint density at radius 2 is 1.53 bits per heavy atom. The van der Waals surface area contributed by atoms with Crippen LogP contribution in [0, 0.1) is 0 Å². The number of carbonyl (C=O) groups is 1. The lowest BCUT2D eigenvalue weighted by Crippen LogP contribution is -2.24. The second-order valence-corrected chi connectivity index (χ2v) is 7.56. The van der Waals surface area contributed by atoms with Crippen LogP contribution in [0.15, 0.2) is 89.7 Å². The summed E-state index contributed by atoms with van der Waals surface area (Å²) in [5.41, 5.74) is 2.38. The van der Waals surface area contributed by atoms with E-state index in [1.54, 1.807) is 4.57 Å². The lowest BCUT2D eigenvalue weighted by atomic mass is 10.2. The fourth-order valence-corrected chi connectivity index (χ4v) is 3.86. The van der Waals surface area contributed by atoms with Gasteiger partial charge < -0.3 is 5.32 Å². The molecule has 0 spiro atoms. The lowest BCUT2D eigenvalue weighted by Gasteiger charge is -2.11. The molecule has 0 aliphatic rings. The van der Waals surface area contributed by atoms with Gasteiger partial charge in [-0.1, -0.05) is 60.7 Å². The van der Waals surface area contributed by atoms with Crippen molar-refractivity contribution in [1.29, 1.82) is 0 Å². The quantitative estimate of drug-likeness (QED) is 0.452. The Balaban J connectivity index is 1.52. The number of fused-ring (bicyclic) bond motifs is 3. The molecule has 0 saturated carbocycles. The van der Waals surface area contributed by atoms with Gasteiger partial charge in [-0.25, -0.2) is 0 Å². The first kappa shape index (κ1) is 19.7. The zero-order chi connectivity index (χ0) is 21.9. The molecule has 0 atom stereocenters. The van der Waals surface area contributed by atoms with Crippen molar-refractivity contribution >= 4 is 28.3 Å². The van der Waals surface area contributed by atoms with E-state index in [0.717, 1.165) is 16.8 Å². The summed E-state index contributed by atoms with van der Waals surface area (Å²) >= 11 is 0. The SMILES string of the molecule is O=C(CCc1nnc2n(Cc3ccccc3)c(=O)c3ccccc3n12)Nc1ccccc1. The third-order valence-electron chi connectivity index (χ3n) is 5.39. The van der Waals surface area contributed by atoms with Gasteiger partial charge in [0.05, 0.1) is 17.4 Å². The minimum atomic E-state index is -0.113. The predicted octanol–water partition coefficient (Wildman–Crippen LogP) is 3.66. The highest BCUT2D eigenvalue weighted by molar-refractivity contribution is 5.90. The number of hydrogen-bond acceptors (Lipinski definition) is 4. The van der Waals surface area contributed by atoms with E-state index >= 15 is 0 Å². The van der Waals surface area contributed by atoms with E-state index in [-0.39, 0.29) is 17.9 Å². The summed E-state index contributed by atoms with van der Waals surface area (Å²) in [5, 5.41) is 12.2. The smallest absolute Gasteiger partial charge is 0.263 e. The summed E-state index contributed by atoms with van der Waals surface area (Å²) in [6.45, 7) is 0.390. The Hall–Kier alpha value is -4.26. The highest BCUT2D eigenvalue weighted by atomic mass is 16.1. The number of aryl methyl sites for hydroxylation is 1. The molecule has 7 nitrogen and oxygen atoms in total. The molecule has 0 aliphatic heterocycles. The molecule has 1 amide bonds.